The van der Waals surface area contributed by atoms with Crippen LogP contribution >= 0.6 is 11.3 Å². The molecule has 0 spiro atoms. The Balaban J connectivity index is 1.55. The summed E-state index contributed by atoms with van der Waals surface area (Å²) >= 11 is 1.25. The number of ether oxygens (including phenoxy) is 1. The van der Waals surface area contributed by atoms with Crippen LogP contribution in [0.1, 0.15) is 15.2 Å². The van der Waals surface area contributed by atoms with E-state index in [4.69, 9.17) is 4.74 Å². The number of ketones is 1. The van der Waals surface area contributed by atoms with Crippen molar-refractivity contribution in [2.45, 2.75) is 4.90 Å². The standard InChI is InChI=1S/C17H16N2O5S2/c1-26(22,23)12-4-2-3-10(5-12)15(20)14-6-18-17(25-14)19-7-11-9-24-16(21)13(11)8-19/h2-6,11,13H,7-9H2,1H3. The Bertz CT molecular complexity index is 998. The minimum absolute atomic E-state index is 0.110. The van der Waals surface area contributed by atoms with Crippen LogP contribution in [0.3, 0.4) is 0 Å². The maximum Gasteiger partial charge on any atom is 0.311 e. The number of carbonyl (C=O) groups is 2. The number of nitrogens with zero attached hydrogens (tertiary/aromatic N) is 2. The minimum Gasteiger partial charge on any atom is -0.465 e. The summed E-state index contributed by atoms with van der Waals surface area (Å²) in [5.74, 6) is -0.373. The molecule has 2 aromatic rings. The molecule has 0 saturated carbocycles. The molecule has 2 aliphatic heterocycles. The molecule has 0 N–H and O–H groups in total. The summed E-state index contributed by atoms with van der Waals surface area (Å²) in [5, 5.41) is 0.690. The first-order chi connectivity index (χ1) is 12.3. The van der Waals surface area contributed by atoms with Gasteiger partial charge in [0.1, 0.15) is 0 Å². The Morgan fingerprint density at radius 3 is 2.88 bits per heavy atom. The lowest BCUT2D eigenvalue weighted by molar-refractivity contribution is -0.140. The van der Waals surface area contributed by atoms with E-state index in [1.54, 1.807) is 12.1 Å². The Labute approximate surface area is 154 Å². The Hall–Kier alpha value is -2.26. The number of aromatic nitrogens is 1. The van der Waals surface area contributed by atoms with Gasteiger partial charge in [0, 0.05) is 30.8 Å². The molecule has 0 radical (unpaired) electrons. The second kappa shape index (κ2) is 6.17. The van der Waals surface area contributed by atoms with Crippen LogP contribution in [-0.4, -0.2) is 51.1 Å². The molecule has 0 bridgehead atoms. The number of esters is 1. The molecule has 136 valence electrons. The molecule has 2 saturated heterocycles. The van der Waals surface area contributed by atoms with Gasteiger partial charge < -0.3 is 9.64 Å². The van der Waals surface area contributed by atoms with Crippen LogP contribution in [0, 0.1) is 11.8 Å². The fourth-order valence-corrected chi connectivity index (χ4v) is 4.85. The van der Waals surface area contributed by atoms with Gasteiger partial charge in [0.05, 0.1) is 28.5 Å². The Kier molecular flexibility index (Phi) is 4.07. The zero-order valence-corrected chi connectivity index (χ0v) is 15.5. The Morgan fingerprint density at radius 2 is 2.15 bits per heavy atom. The third-order valence-corrected chi connectivity index (χ3v) is 6.86. The molecular weight excluding hydrogens is 376 g/mol. The molecule has 9 heteroatoms. The van der Waals surface area contributed by atoms with Crippen LogP contribution < -0.4 is 4.90 Å². The number of hydrogen-bond acceptors (Lipinski definition) is 8. The summed E-state index contributed by atoms with van der Waals surface area (Å²) < 4.78 is 28.4. The van der Waals surface area contributed by atoms with Crippen molar-refractivity contribution in [1.29, 1.82) is 0 Å². The van der Waals surface area contributed by atoms with E-state index in [0.717, 1.165) is 6.26 Å². The molecule has 7 nitrogen and oxygen atoms in total. The average Bonchev–Trinajstić information content (AvgIpc) is 3.31. The summed E-state index contributed by atoms with van der Waals surface area (Å²) in [5.41, 5.74) is 0.310. The van der Waals surface area contributed by atoms with Crippen LogP contribution in [0.4, 0.5) is 5.13 Å². The van der Waals surface area contributed by atoms with Crippen molar-refractivity contribution in [1.82, 2.24) is 4.98 Å². The monoisotopic (exact) mass is 392 g/mol. The van der Waals surface area contributed by atoms with Gasteiger partial charge in [0.25, 0.3) is 0 Å². The predicted molar refractivity (Wildman–Crippen MR) is 95.3 cm³/mol. The molecule has 0 aliphatic carbocycles. The molecule has 26 heavy (non-hydrogen) atoms. The SMILES string of the molecule is CS(=O)(=O)c1cccc(C(=O)c2cnc(N3CC4COC(=O)C4C3)s2)c1. The molecule has 2 atom stereocenters. The van der Waals surface area contributed by atoms with Crippen LogP contribution in [0.25, 0.3) is 0 Å². The quantitative estimate of drug-likeness (QED) is 0.573. The van der Waals surface area contributed by atoms with Gasteiger partial charge in [-0.25, -0.2) is 13.4 Å². The number of anilines is 1. The van der Waals surface area contributed by atoms with Gasteiger partial charge in [-0.15, -0.1) is 0 Å². The van der Waals surface area contributed by atoms with Crippen molar-refractivity contribution in [3.05, 3.63) is 40.9 Å². The van der Waals surface area contributed by atoms with Gasteiger partial charge in [-0.2, -0.15) is 0 Å². The molecule has 2 fully saturated rings. The van der Waals surface area contributed by atoms with Gasteiger partial charge in [-0.3, -0.25) is 9.59 Å². The number of hydrogen-bond donors (Lipinski definition) is 0. The highest BCUT2D eigenvalue weighted by Crippen LogP contribution is 2.35. The van der Waals surface area contributed by atoms with Crippen molar-refractivity contribution in [2.75, 3.05) is 30.9 Å². The van der Waals surface area contributed by atoms with Crippen molar-refractivity contribution in [3.8, 4) is 0 Å². The lowest BCUT2D eigenvalue weighted by Crippen LogP contribution is -2.23. The number of rotatable bonds is 4. The maximum atomic E-state index is 12.7. The van der Waals surface area contributed by atoms with Gasteiger partial charge in [-0.05, 0) is 12.1 Å². The van der Waals surface area contributed by atoms with Gasteiger partial charge >= 0.3 is 5.97 Å². The first-order valence-corrected chi connectivity index (χ1v) is 10.8. The third-order valence-electron chi connectivity index (χ3n) is 4.70. The van der Waals surface area contributed by atoms with E-state index >= 15 is 0 Å². The summed E-state index contributed by atoms with van der Waals surface area (Å²) in [6.07, 6.45) is 2.61. The molecule has 1 aromatic heterocycles. The summed E-state index contributed by atoms with van der Waals surface area (Å²) in [6.45, 7) is 1.67. The molecule has 4 rings (SSSR count). The second-order valence-electron chi connectivity index (χ2n) is 6.54. The topological polar surface area (TPSA) is 93.6 Å². The number of cyclic esters (lactones) is 1. The van der Waals surface area contributed by atoms with Crippen LogP contribution in [0.5, 0.6) is 0 Å². The lowest BCUT2D eigenvalue weighted by Gasteiger charge is -2.15. The fraction of sp³-hybridized carbons (Fsp3) is 0.353. The number of sulfone groups is 1. The van der Waals surface area contributed by atoms with E-state index in [-0.39, 0.29) is 28.5 Å². The molecule has 0 amide bonds. The van der Waals surface area contributed by atoms with E-state index in [0.29, 0.717) is 35.3 Å². The summed E-state index contributed by atoms with van der Waals surface area (Å²) in [7, 11) is -3.38. The smallest absolute Gasteiger partial charge is 0.311 e. The lowest BCUT2D eigenvalue weighted by atomic mass is 10.0. The van der Waals surface area contributed by atoms with Crippen molar-refractivity contribution in [2.24, 2.45) is 11.8 Å². The summed E-state index contributed by atoms with van der Waals surface area (Å²) in [6, 6.07) is 5.99. The fourth-order valence-electron chi connectivity index (χ4n) is 3.29. The van der Waals surface area contributed by atoms with Crippen LogP contribution in [0.15, 0.2) is 35.4 Å². The average molecular weight is 392 g/mol. The maximum absolute atomic E-state index is 12.7. The first-order valence-electron chi connectivity index (χ1n) is 8.05. The first kappa shape index (κ1) is 17.2. The zero-order chi connectivity index (χ0) is 18.5. The highest BCUT2D eigenvalue weighted by Gasteiger charge is 2.44. The van der Waals surface area contributed by atoms with Crippen LogP contribution in [-0.2, 0) is 19.4 Å². The van der Waals surface area contributed by atoms with Crippen molar-refractivity contribution >= 4 is 38.1 Å². The summed E-state index contributed by atoms with van der Waals surface area (Å²) in [4.78, 5) is 31.2. The number of thiazole rings is 1. The minimum atomic E-state index is -3.38. The molecular formula is C17H16N2O5S2. The van der Waals surface area contributed by atoms with E-state index in [2.05, 4.69) is 4.98 Å². The molecule has 1 aromatic carbocycles. The van der Waals surface area contributed by atoms with E-state index in [1.165, 1.54) is 29.7 Å². The van der Waals surface area contributed by atoms with Crippen molar-refractivity contribution in [3.63, 3.8) is 0 Å². The molecule has 2 aliphatic rings. The zero-order valence-electron chi connectivity index (χ0n) is 13.9. The largest absolute Gasteiger partial charge is 0.465 e. The highest BCUT2D eigenvalue weighted by molar-refractivity contribution is 7.90. The van der Waals surface area contributed by atoms with Gasteiger partial charge in [0.2, 0.25) is 5.78 Å². The second-order valence-corrected chi connectivity index (χ2v) is 9.56. The molecule has 3 heterocycles. The van der Waals surface area contributed by atoms with E-state index < -0.39 is 9.84 Å². The number of benzene rings is 1. The third kappa shape index (κ3) is 3.01. The Morgan fingerprint density at radius 1 is 1.35 bits per heavy atom. The van der Waals surface area contributed by atoms with E-state index in [1.807, 2.05) is 4.90 Å². The molecule has 2 unspecified atom stereocenters. The van der Waals surface area contributed by atoms with Gasteiger partial charge in [-0.1, -0.05) is 23.5 Å². The normalized spacial score (nSPS) is 22.3. The highest BCUT2D eigenvalue weighted by atomic mass is 32.2. The van der Waals surface area contributed by atoms with Crippen molar-refractivity contribution < 1.29 is 22.7 Å². The van der Waals surface area contributed by atoms with E-state index in [9.17, 15) is 18.0 Å². The number of carbonyl (C=O) groups excluding carboxylic acids is 2. The number of fused-ring (bicyclic) bond motifs is 1. The van der Waals surface area contributed by atoms with Gasteiger partial charge in [0.15, 0.2) is 15.0 Å². The predicted octanol–water partition coefficient (Wildman–Crippen LogP) is 1.39. The van der Waals surface area contributed by atoms with Crippen LogP contribution in [0.2, 0.25) is 0 Å².